The van der Waals surface area contributed by atoms with E-state index in [2.05, 4.69) is 17.2 Å². The van der Waals surface area contributed by atoms with Crippen LogP contribution in [0, 0.1) is 5.92 Å². The first-order valence-corrected chi connectivity index (χ1v) is 11.5. The lowest BCUT2D eigenvalue weighted by Crippen LogP contribution is -2.39. The highest BCUT2D eigenvalue weighted by Crippen LogP contribution is 2.30. The highest BCUT2D eigenvalue weighted by Gasteiger charge is 2.29. The molecule has 1 aliphatic rings. The van der Waals surface area contributed by atoms with Gasteiger partial charge in [-0.3, -0.25) is 10.1 Å². The summed E-state index contributed by atoms with van der Waals surface area (Å²) in [6.07, 6.45) is 1.95. The maximum absolute atomic E-state index is 13.0. The lowest BCUT2D eigenvalue weighted by molar-refractivity contribution is 0.102. The zero-order chi connectivity index (χ0) is 19.7. The molecule has 1 N–H and O–H groups in total. The molecule has 0 saturated carbocycles. The summed E-state index contributed by atoms with van der Waals surface area (Å²) in [7, 11) is -3.52. The number of carbonyl (C=O) groups is 1. The molecule has 0 spiro atoms. The van der Waals surface area contributed by atoms with Crippen LogP contribution in [0.25, 0.3) is 10.2 Å². The van der Waals surface area contributed by atoms with E-state index in [1.54, 1.807) is 46.8 Å². The normalized spacial score (nSPS) is 18.2. The molecule has 1 aliphatic heterocycles. The minimum absolute atomic E-state index is 0.241. The summed E-state index contributed by atoms with van der Waals surface area (Å²) in [5, 5.41) is 3.23. The van der Waals surface area contributed by atoms with Crippen molar-refractivity contribution in [3.63, 3.8) is 0 Å². The average Bonchev–Trinajstić information content (AvgIpc) is 3.10. The van der Waals surface area contributed by atoms with Gasteiger partial charge in [0.2, 0.25) is 10.0 Å². The third-order valence-corrected chi connectivity index (χ3v) is 7.67. The van der Waals surface area contributed by atoms with Crippen molar-refractivity contribution >= 4 is 42.6 Å². The van der Waals surface area contributed by atoms with Crippen LogP contribution < -0.4 is 5.32 Å². The number of benzene rings is 2. The average molecular weight is 416 g/mol. The molecule has 4 rings (SSSR count). The molecule has 2 heterocycles. The minimum Gasteiger partial charge on any atom is -0.298 e. The van der Waals surface area contributed by atoms with Crippen molar-refractivity contribution in [2.24, 2.45) is 5.92 Å². The number of amides is 1. The number of sulfonamides is 1. The number of hydrogen-bond donors (Lipinski definition) is 1. The Bertz CT molecular complexity index is 1110. The van der Waals surface area contributed by atoms with Crippen molar-refractivity contribution in [3.8, 4) is 0 Å². The topological polar surface area (TPSA) is 79.4 Å². The molecule has 1 saturated heterocycles. The van der Waals surface area contributed by atoms with E-state index in [1.165, 1.54) is 11.3 Å². The van der Waals surface area contributed by atoms with Crippen molar-refractivity contribution in [1.82, 2.24) is 9.29 Å². The molecule has 2 aromatic carbocycles. The zero-order valence-corrected chi connectivity index (χ0v) is 17.1. The van der Waals surface area contributed by atoms with Crippen LogP contribution in [-0.4, -0.2) is 36.7 Å². The third kappa shape index (κ3) is 3.80. The summed E-state index contributed by atoms with van der Waals surface area (Å²) in [6.45, 7) is 3.20. The molecule has 1 aromatic heterocycles. The van der Waals surface area contributed by atoms with Gasteiger partial charge in [-0.2, -0.15) is 4.31 Å². The number of hydrogen-bond acceptors (Lipinski definition) is 5. The van der Waals surface area contributed by atoms with Crippen LogP contribution in [0.5, 0.6) is 0 Å². The van der Waals surface area contributed by atoms with Crippen LogP contribution in [0.1, 0.15) is 30.1 Å². The summed E-state index contributed by atoms with van der Waals surface area (Å²) >= 11 is 1.27. The van der Waals surface area contributed by atoms with E-state index in [-0.39, 0.29) is 10.8 Å². The molecule has 1 fully saturated rings. The Hall–Kier alpha value is -2.29. The molecule has 0 aliphatic carbocycles. The molecule has 8 heteroatoms. The molecule has 28 heavy (non-hydrogen) atoms. The summed E-state index contributed by atoms with van der Waals surface area (Å²) in [4.78, 5) is 17.0. The minimum atomic E-state index is -3.52. The Balaban J connectivity index is 1.59. The molecule has 1 amide bonds. The van der Waals surface area contributed by atoms with Crippen molar-refractivity contribution in [1.29, 1.82) is 0 Å². The number of anilines is 1. The van der Waals surface area contributed by atoms with Crippen LogP contribution in [0.3, 0.4) is 0 Å². The number of thiazole rings is 1. The van der Waals surface area contributed by atoms with Crippen LogP contribution in [0.4, 0.5) is 5.13 Å². The Labute approximate surface area is 168 Å². The quantitative estimate of drug-likeness (QED) is 0.699. The van der Waals surface area contributed by atoms with Crippen LogP contribution >= 0.6 is 11.3 Å². The monoisotopic (exact) mass is 415 g/mol. The molecule has 1 unspecified atom stereocenters. The van der Waals surface area contributed by atoms with E-state index >= 15 is 0 Å². The number of nitrogens with zero attached hydrogens (tertiary/aromatic N) is 2. The molecule has 3 aromatic rings. The predicted octanol–water partition coefficient (Wildman–Crippen LogP) is 3.97. The highest BCUT2D eigenvalue weighted by atomic mass is 32.2. The van der Waals surface area contributed by atoms with Crippen molar-refractivity contribution in [3.05, 3.63) is 54.1 Å². The van der Waals surface area contributed by atoms with Gasteiger partial charge in [0.05, 0.1) is 15.1 Å². The highest BCUT2D eigenvalue weighted by molar-refractivity contribution is 7.89. The lowest BCUT2D eigenvalue weighted by Gasteiger charge is -2.30. The van der Waals surface area contributed by atoms with Gasteiger partial charge >= 0.3 is 0 Å². The van der Waals surface area contributed by atoms with Gasteiger partial charge in [-0.1, -0.05) is 36.5 Å². The van der Waals surface area contributed by atoms with Crippen molar-refractivity contribution < 1.29 is 13.2 Å². The Morgan fingerprint density at radius 2 is 2.00 bits per heavy atom. The second-order valence-corrected chi connectivity index (χ2v) is 10.0. The molecule has 146 valence electrons. The standard InChI is InChI=1S/C20H21N3O3S2/c1-14-6-5-11-23(13-14)28(25,26)16-9-10-17-18(12-16)27-20(21-17)22-19(24)15-7-3-2-4-8-15/h2-4,7-10,12,14H,5-6,11,13H2,1H3,(H,21,22,24). The first-order chi connectivity index (χ1) is 13.4. The Morgan fingerprint density at radius 1 is 1.21 bits per heavy atom. The van der Waals surface area contributed by atoms with Gasteiger partial charge in [0, 0.05) is 18.7 Å². The molecule has 1 atom stereocenters. The Kier molecular flexibility index (Phi) is 5.18. The molecular formula is C20H21N3O3S2. The van der Waals surface area contributed by atoms with Gasteiger partial charge < -0.3 is 0 Å². The molecular weight excluding hydrogens is 394 g/mol. The van der Waals surface area contributed by atoms with E-state index in [0.29, 0.717) is 35.2 Å². The van der Waals surface area contributed by atoms with Crippen LogP contribution in [0.2, 0.25) is 0 Å². The van der Waals surface area contributed by atoms with E-state index in [0.717, 1.165) is 17.5 Å². The van der Waals surface area contributed by atoms with Crippen molar-refractivity contribution in [2.45, 2.75) is 24.7 Å². The van der Waals surface area contributed by atoms with Crippen molar-refractivity contribution in [2.75, 3.05) is 18.4 Å². The molecule has 0 radical (unpaired) electrons. The van der Waals surface area contributed by atoms with Crippen LogP contribution in [0.15, 0.2) is 53.4 Å². The smallest absolute Gasteiger partial charge is 0.257 e. The number of nitrogens with one attached hydrogen (secondary N) is 1. The largest absolute Gasteiger partial charge is 0.298 e. The SMILES string of the molecule is CC1CCCN(S(=O)(=O)c2ccc3nc(NC(=O)c4ccccc4)sc3c2)C1. The van der Waals surface area contributed by atoms with E-state index < -0.39 is 10.0 Å². The van der Waals surface area contributed by atoms with Gasteiger partial charge in [0.15, 0.2) is 5.13 Å². The maximum atomic E-state index is 13.0. The second kappa shape index (κ2) is 7.62. The summed E-state index contributed by atoms with van der Waals surface area (Å²) in [5.41, 5.74) is 1.21. The summed E-state index contributed by atoms with van der Waals surface area (Å²) in [6, 6.07) is 13.8. The molecule has 6 nitrogen and oxygen atoms in total. The predicted molar refractivity (Wildman–Crippen MR) is 111 cm³/mol. The van der Waals surface area contributed by atoms with Gasteiger partial charge in [0.25, 0.3) is 5.91 Å². The number of rotatable bonds is 4. The molecule has 0 bridgehead atoms. The fraction of sp³-hybridized carbons (Fsp3) is 0.300. The van der Waals surface area contributed by atoms with Crippen LogP contribution in [-0.2, 0) is 10.0 Å². The third-order valence-electron chi connectivity index (χ3n) is 4.87. The van der Waals surface area contributed by atoms with Gasteiger partial charge in [0.1, 0.15) is 0 Å². The van der Waals surface area contributed by atoms with E-state index in [1.807, 2.05) is 6.07 Å². The fourth-order valence-corrected chi connectivity index (χ4v) is 5.99. The van der Waals surface area contributed by atoms with Gasteiger partial charge in [-0.15, -0.1) is 0 Å². The number of aromatic nitrogens is 1. The Morgan fingerprint density at radius 3 is 2.75 bits per heavy atom. The first-order valence-electron chi connectivity index (χ1n) is 9.20. The second-order valence-electron chi connectivity index (χ2n) is 7.08. The first kappa shape index (κ1) is 19.0. The van der Waals surface area contributed by atoms with Gasteiger partial charge in [-0.25, -0.2) is 13.4 Å². The van der Waals surface area contributed by atoms with Gasteiger partial charge in [-0.05, 0) is 49.1 Å². The number of fused-ring (bicyclic) bond motifs is 1. The maximum Gasteiger partial charge on any atom is 0.257 e. The summed E-state index contributed by atoms with van der Waals surface area (Å²) in [5.74, 6) is 0.130. The fourth-order valence-electron chi connectivity index (χ4n) is 3.39. The number of piperidine rings is 1. The lowest BCUT2D eigenvalue weighted by atomic mass is 10.0. The number of carbonyl (C=O) groups excluding carboxylic acids is 1. The van der Waals surface area contributed by atoms with E-state index in [9.17, 15) is 13.2 Å². The van der Waals surface area contributed by atoms with E-state index in [4.69, 9.17) is 0 Å². The zero-order valence-electron chi connectivity index (χ0n) is 15.5. The summed E-state index contributed by atoms with van der Waals surface area (Å²) < 4.78 is 28.3.